The molecule has 0 radical (unpaired) electrons. The van der Waals surface area contributed by atoms with E-state index in [1.54, 1.807) is 6.07 Å². The minimum atomic E-state index is 0.0716. The molecule has 0 saturated heterocycles. The van der Waals surface area contributed by atoms with Gasteiger partial charge in [0.25, 0.3) is 0 Å². The van der Waals surface area contributed by atoms with Crippen molar-refractivity contribution in [1.29, 1.82) is 0 Å². The molecule has 0 aliphatic heterocycles. The number of rotatable bonds is 3. The fourth-order valence-electron chi connectivity index (χ4n) is 1.04. The maximum atomic E-state index is 11.6. The minimum Gasteiger partial charge on any atom is -0.294 e. The topological polar surface area (TPSA) is 17.1 Å². The predicted molar refractivity (Wildman–Crippen MR) is 64.2 cm³/mol. The first-order valence-corrected chi connectivity index (χ1v) is 5.65. The van der Waals surface area contributed by atoms with Crippen LogP contribution in [0.25, 0.3) is 0 Å². The highest BCUT2D eigenvalue weighted by atomic mass is 79.9. The van der Waals surface area contributed by atoms with Gasteiger partial charge in [0.15, 0.2) is 5.78 Å². The van der Waals surface area contributed by atoms with Crippen LogP contribution >= 0.6 is 31.9 Å². The zero-order valence-electron chi connectivity index (χ0n) is 7.39. The maximum absolute atomic E-state index is 11.6. The first-order chi connectivity index (χ1) is 6.65. The summed E-state index contributed by atoms with van der Waals surface area (Å²) >= 11 is 6.66. The number of hydrogen-bond donors (Lipinski definition) is 0. The molecular formula is C11H8Br2O. The van der Waals surface area contributed by atoms with Gasteiger partial charge in [0.05, 0.1) is 0 Å². The highest BCUT2D eigenvalue weighted by Crippen LogP contribution is 2.23. The lowest BCUT2D eigenvalue weighted by atomic mass is 10.1. The molecule has 1 aromatic carbocycles. The van der Waals surface area contributed by atoms with Gasteiger partial charge in [-0.25, -0.2) is 0 Å². The third-order valence-electron chi connectivity index (χ3n) is 1.73. The van der Waals surface area contributed by atoms with E-state index < -0.39 is 0 Å². The van der Waals surface area contributed by atoms with Crippen molar-refractivity contribution in [2.45, 2.75) is 12.8 Å². The molecule has 0 aromatic heterocycles. The number of benzene rings is 1. The molecule has 0 atom stereocenters. The molecule has 0 heterocycles. The Balaban J connectivity index is 2.86. The Labute approximate surface area is 100 Å². The molecule has 0 N–H and O–H groups in total. The van der Waals surface area contributed by atoms with Crippen LogP contribution in [0.3, 0.4) is 0 Å². The zero-order valence-corrected chi connectivity index (χ0v) is 10.6. The Hall–Kier alpha value is -0.590. The number of halogens is 2. The van der Waals surface area contributed by atoms with Gasteiger partial charge in [0.1, 0.15) is 0 Å². The normalized spacial score (nSPS) is 9.50. The van der Waals surface area contributed by atoms with Gasteiger partial charge in [-0.1, -0.05) is 31.9 Å². The van der Waals surface area contributed by atoms with Crippen molar-refractivity contribution in [2.75, 3.05) is 0 Å². The van der Waals surface area contributed by atoms with E-state index in [4.69, 9.17) is 6.42 Å². The molecular weight excluding hydrogens is 308 g/mol. The Bertz CT molecular complexity index is 391. The SMILES string of the molecule is C#CCCC(=O)c1ccc(Br)cc1Br. The summed E-state index contributed by atoms with van der Waals surface area (Å²) in [5, 5.41) is 0. The van der Waals surface area contributed by atoms with Gasteiger partial charge in [-0.2, -0.15) is 0 Å². The average Bonchev–Trinajstić information content (AvgIpc) is 2.14. The number of Topliss-reactive ketones (excluding diaryl/α,β-unsaturated/α-hetero) is 1. The monoisotopic (exact) mass is 314 g/mol. The molecule has 1 rings (SSSR count). The van der Waals surface area contributed by atoms with E-state index in [2.05, 4.69) is 37.8 Å². The molecule has 72 valence electrons. The highest BCUT2D eigenvalue weighted by molar-refractivity contribution is 9.11. The molecule has 0 saturated carbocycles. The first-order valence-electron chi connectivity index (χ1n) is 4.07. The lowest BCUT2D eigenvalue weighted by Crippen LogP contribution is -1.99. The van der Waals surface area contributed by atoms with E-state index in [1.807, 2.05) is 12.1 Å². The number of carbonyl (C=O) groups is 1. The van der Waals surface area contributed by atoms with Crippen molar-refractivity contribution < 1.29 is 4.79 Å². The number of carbonyl (C=O) groups excluding carboxylic acids is 1. The Morgan fingerprint density at radius 2 is 2.14 bits per heavy atom. The Kier molecular flexibility index (Phi) is 4.37. The van der Waals surface area contributed by atoms with Crippen LogP contribution in [0.15, 0.2) is 27.1 Å². The number of hydrogen-bond acceptors (Lipinski definition) is 1. The summed E-state index contributed by atoms with van der Waals surface area (Å²) in [6, 6.07) is 5.48. The quantitative estimate of drug-likeness (QED) is 0.612. The summed E-state index contributed by atoms with van der Waals surface area (Å²) in [7, 11) is 0. The summed E-state index contributed by atoms with van der Waals surface area (Å²) in [4.78, 5) is 11.6. The van der Waals surface area contributed by atoms with E-state index in [1.165, 1.54) is 0 Å². The smallest absolute Gasteiger partial charge is 0.164 e. The second-order valence-corrected chi connectivity index (χ2v) is 4.52. The second-order valence-electron chi connectivity index (χ2n) is 2.75. The lowest BCUT2D eigenvalue weighted by molar-refractivity contribution is 0.0983. The summed E-state index contributed by atoms with van der Waals surface area (Å²) in [5.41, 5.74) is 0.684. The van der Waals surface area contributed by atoms with Crippen LogP contribution in [-0.2, 0) is 0 Å². The lowest BCUT2D eigenvalue weighted by Gasteiger charge is -2.02. The molecule has 0 bridgehead atoms. The van der Waals surface area contributed by atoms with Crippen molar-refractivity contribution in [3.05, 3.63) is 32.7 Å². The van der Waals surface area contributed by atoms with Crippen LogP contribution in [0.5, 0.6) is 0 Å². The van der Waals surface area contributed by atoms with Crippen molar-refractivity contribution >= 4 is 37.6 Å². The van der Waals surface area contributed by atoms with Crippen LogP contribution in [0.2, 0.25) is 0 Å². The van der Waals surface area contributed by atoms with E-state index in [0.29, 0.717) is 18.4 Å². The fourth-order valence-corrected chi connectivity index (χ4v) is 2.30. The minimum absolute atomic E-state index is 0.0716. The molecule has 3 heteroatoms. The molecule has 0 spiro atoms. The molecule has 0 fully saturated rings. The summed E-state index contributed by atoms with van der Waals surface area (Å²) in [6.45, 7) is 0. The van der Waals surface area contributed by atoms with E-state index in [0.717, 1.165) is 8.95 Å². The van der Waals surface area contributed by atoms with Gasteiger partial charge < -0.3 is 0 Å². The molecule has 14 heavy (non-hydrogen) atoms. The molecule has 0 aliphatic rings. The summed E-state index contributed by atoms with van der Waals surface area (Å²) in [5.74, 6) is 2.53. The molecule has 1 aromatic rings. The van der Waals surface area contributed by atoms with Gasteiger partial charge in [0.2, 0.25) is 0 Å². The highest BCUT2D eigenvalue weighted by Gasteiger charge is 2.08. The van der Waals surface area contributed by atoms with Crippen LogP contribution in [0.4, 0.5) is 0 Å². The van der Waals surface area contributed by atoms with E-state index in [9.17, 15) is 4.79 Å². The van der Waals surface area contributed by atoms with Gasteiger partial charge in [-0.05, 0) is 18.2 Å². The van der Waals surface area contributed by atoms with Crippen LogP contribution < -0.4 is 0 Å². The largest absolute Gasteiger partial charge is 0.294 e. The average molecular weight is 316 g/mol. The van der Waals surface area contributed by atoms with Gasteiger partial charge >= 0.3 is 0 Å². The predicted octanol–water partition coefficient (Wildman–Crippen LogP) is 3.81. The van der Waals surface area contributed by atoms with Crippen molar-refractivity contribution in [1.82, 2.24) is 0 Å². The first kappa shape index (κ1) is 11.5. The summed E-state index contributed by atoms with van der Waals surface area (Å²) in [6.07, 6.45) is 5.98. The fraction of sp³-hybridized carbons (Fsp3) is 0.182. The van der Waals surface area contributed by atoms with Gasteiger partial charge in [0, 0.05) is 27.4 Å². The second kappa shape index (κ2) is 5.33. The Morgan fingerprint density at radius 1 is 1.43 bits per heavy atom. The van der Waals surface area contributed by atoms with Crippen molar-refractivity contribution in [3.63, 3.8) is 0 Å². The van der Waals surface area contributed by atoms with Crippen LogP contribution in [-0.4, -0.2) is 5.78 Å². The van der Waals surface area contributed by atoms with Crippen molar-refractivity contribution in [2.24, 2.45) is 0 Å². The molecule has 0 amide bonds. The molecule has 1 nitrogen and oxygen atoms in total. The Morgan fingerprint density at radius 3 is 2.71 bits per heavy atom. The summed E-state index contributed by atoms with van der Waals surface area (Å²) < 4.78 is 1.74. The standard InChI is InChI=1S/C11H8Br2O/c1-2-3-4-11(14)9-6-5-8(12)7-10(9)13/h1,5-7H,3-4H2. The number of ketones is 1. The van der Waals surface area contributed by atoms with Crippen molar-refractivity contribution in [3.8, 4) is 12.3 Å². The van der Waals surface area contributed by atoms with Gasteiger partial charge in [-0.3, -0.25) is 4.79 Å². The van der Waals surface area contributed by atoms with Gasteiger partial charge in [-0.15, -0.1) is 12.3 Å². The maximum Gasteiger partial charge on any atom is 0.164 e. The number of terminal acetylenes is 1. The third kappa shape index (κ3) is 2.97. The van der Waals surface area contributed by atoms with E-state index >= 15 is 0 Å². The van der Waals surface area contributed by atoms with E-state index in [-0.39, 0.29) is 5.78 Å². The zero-order chi connectivity index (χ0) is 10.6. The van der Waals surface area contributed by atoms with Crippen LogP contribution in [0.1, 0.15) is 23.2 Å². The van der Waals surface area contributed by atoms with Crippen LogP contribution in [0, 0.1) is 12.3 Å². The third-order valence-corrected chi connectivity index (χ3v) is 2.88. The molecule has 0 aliphatic carbocycles. The molecule has 0 unspecified atom stereocenters.